The summed E-state index contributed by atoms with van der Waals surface area (Å²) in [7, 11) is -1.37. The molecule has 3 heterocycles. The van der Waals surface area contributed by atoms with E-state index in [0.29, 0.717) is 5.69 Å². The van der Waals surface area contributed by atoms with Crippen LogP contribution in [0.4, 0.5) is 0 Å². The maximum atomic E-state index is 10.9. The first-order chi connectivity index (χ1) is 18.9. The number of nitrogens with zero attached hydrogens (tertiary/aromatic N) is 2. The Morgan fingerprint density at radius 1 is 0.825 bits per heavy atom. The van der Waals surface area contributed by atoms with Crippen LogP contribution in [-0.2, 0) is 25.0 Å². The van der Waals surface area contributed by atoms with Gasteiger partial charge in [0.2, 0.25) is 0 Å². The Bertz CT molecular complexity index is 1740. The topological polar surface area (TPSA) is 72.3 Å². The fraction of sp³-hybridized carbons (Fsp3) is 0.0938. The van der Waals surface area contributed by atoms with E-state index in [1.807, 2.05) is 53.9 Å². The maximum absolute atomic E-state index is 10.9. The van der Waals surface area contributed by atoms with Crippen LogP contribution in [0.1, 0.15) is 10.4 Å². The smallest absolute Gasteiger partial charge is 0.305 e. The number of carbonyl (C=O) groups excluding carboxylic acids is 1. The zero-order chi connectivity index (χ0) is 27.4. The molecule has 6 rings (SSSR count). The van der Waals surface area contributed by atoms with Crippen molar-refractivity contribution in [2.45, 2.75) is 19.6 Å². The number of hydrogen-bond acceptors (Lipinski definition) is 6. The SMILES string of the molecule is C[Si](C)(C)c1cccc2c1sc1c(-c3ccccn3)[c-]ccc12.O=C(OO)c1ccc(-c2[c-]cccc2)nc1.[Ir]. The minimum Gasteiger partial charge on any atom is -0.305 e. The summed E-state index contributed by atoms with van der Waals surface area (Å²) in [5, 5.41) is 12.4. The molecule has 0 atom stereocenters. The van der Waals surface area contributed by atoms with E-state index in [9.17, 15) is 4.79 Å². The minimum atomic E-state index is -1.37. The molecule has 0 spiro atoms. The van der Waals surface area contributed by atoms with Crippen molar-refractivity contribution in [3.8, 4) is 22.5 Å². The van der Waals surface area contributed by atoms with Gasteiger partial charge in [-0.25, -0.2) is 4.79 Å². The van der Waals surface area contributed by atoms with Crippen molar-refractivity contribution in [2.24, 2.45) is 0 Å². The summed E-state index contributed by atoms with van der Waals surface area (Å²) in [5.41, 5.74) is 3.86. The first kappa shape index (κ1) is 29.5. The van der Waals surface area contributed by atoms with E-state index >= 15 is 0 Å². The van der Waals surface area contributed by atoms with Gasteiger partial charge in [0.1, 0.15) is 0 Å². The molecule has 3 aromatic carbocycles. The Hall–Kier alpha value is -3.52. The van der Waals surface area contributed by atoms with Crippen molar-refractivity contribution in [3.63, 3.8) is 0 Å². The first-order valence-corrected chi connectivity index (χ1v) is 16.7. The second-order valence-corrected chi connectivity index (χ2v) is 16.0. The normalized spacial score (nSPS) is 10.9. The molecule has 40 heavy (non-hydrogen) atoms. The Balaban J connectivity index is 0.000000192. The number of benzene rings is 3. The van der Waals surface area contributed by atoms with Gasteiger partial charge in [-0.05, 0) is 32.7 Å². The van der Waals surface area contributed by atoms with Crippen LogP contribution < -0.4 is 5.19 Å². The van der Waals surface area contributed by atoms with Gasteiger partial charge in [-0.2, -0.15) is 16.6 Å². The average Bonchev–Trinajstić information content (AvgIpc) is 3.36. The van der Waals surface area contributed by atoms with Crippen molar-refractivity contribution in [2.75, 3.05) is 0 Å². The molecule has 0 fully saturated rings. The molecule has 8 heteroatoms. The maximum Gasteiger partial charge on any atom is 0.374 e. The Morgan fingerprint density at radius 3 is 2.27 bits per heavy atom. The number of fused-ring (bicyclic) bond motifs is 3. The van der Waals surface area contributed by atoms with Gasteiger partial charge in [-0.3, -0.25) is 4.89 Å². The number of pyridine rings is 2. The molecule has 0 saturated heterocycles. The third-order valence-corrected chi connectivity index (χ3v) is 9.74. The van der Waals surface area contributed by atoms with E-state index in [1.165, 1.54) is 32.4 Å². The van der Waals surface area contributed by atoms with Gasteiger partial charge < -0.3 is 9.97 Å². The van der Waals surface area contributed by atoms with Crippen LogP contribution in [-0.4, -0.2) is 29.3 Å². The van der Waals surface area contributed by atoms with E-state index in [1.54, 1.807) is 17.3 Å². The molecule has 203 valence electrons. The summed E-state index contributed by atoms with van der Waals surface area (Å²) in [6.45, 7) is 7.24. The van der Waals surface area contributed by atoms with E-state index < -0.39 is 14.0 Å². The summed E-state index contributed by atoms with van der Waals surface area (Å²) in [4.78, 5) is 23.1. The number of thiophene rings is 1. The van der Waals surface area contributed by atoms with Crippen molar-refractivity contribution in [1.82, 2.24) is 9.97 Å². The second-order valence-electron chi connectivity index (χ2n) is 9.93. The van der Waals surface area contributed by atoms with Gasteiger partial charge in [-0.1, -0.05) is 67.5 Å². The second kappa shape index (κ2) is 12.8. The van der Waals surface area contributed by atoms with Crippen LogP contribution in [0.3, 0.4) is 0 Å². The summed E-state index contributed by atoms with van der Waals surface area (Å²) in [6.07, 6.45) is 3.19. The molecular formula is C32H26IrN2O3SSi-2. The van der Waals surface area contributed by atoms with Crippen molar-refractivity contribution >= 4 is 50.7 Å². The predicted octanol–water partition coefficient (Wildman–Crippen LogP) is 7.64. The van der Waals surface area contributed by atoms with Gasteiger partial charge in [0.05, 0.1) is 13.6 Å². The number of hydrogen-bond donors (Lipinski definition) is 1. The van der Waals surface area contributed by atoms with E-state index in [4.69, 9.17) is 5.26 Å². The van der Waals surface area contributed by atoms with Gasteiger partial charge in [0.25, 0.3) is 0 Å². The van der Waals surface area contributed by atoms with Gasteiger partial charge >= 0.3 is 5.97 Å². The zero-order valence-electron chi connectivity index (χ0n) is 22.1. The molecule has 0 amide bonds. The fourth-order valence-electron chi connectivity index (χ4n) is 4.33. The molecule has 0 aliphatic rings. The number of aromatic nitrogens is 2. The van der Waals surface area contributed by atoms with Crippen molar-refractivity contribution < 1.29 is 35.0 Å². The summed E-state index contributed by atoms with van der Waals surface area (Å²) < 4.78 is 2.74. The van der Waals surface area contributed by atoms with Gasteiger partial charge in [-0.15, -0.1) is 59.7 Å². The average molecular weight is 739 g/mol. The van der Waals surface area contributed by atoms with Crippen LogP contribution in [0, 0.1) is 12.1 Å². The Morgan fingerprint density at radius 2 is 1.62 bits per heavy atom. The summed E-state index contributed by atoms with van der Waals surface area (Å²) in [6, 6.07) is 34.1. The largest absolute Gasteiger partial charge is 0.374 e. The van der Waals surface area contributed by atoms with Crippen LogP contribution in [0.15, 0.2) is 97.3 Å². The number of rotatable bonds is 4. The molecule has 0 aliphatic carbocycles. The summed E-state index contributed by atoms with van der Waals surface area (Å²) >= 11 is 1.90. The summed E-state index contributed by atoms with van der Waals surface area (Å²) in [5.74, 6) is -0.823. The van der Waals surface area contributed by atoms with Gasteiger partial charge in [0.15, 0.2) is 0 Å². The fourth-order valence-corrected chi connectivity index (χ4v) is 8.04. The van der Waals surface area contributed by atoms with Crippen LogP contribution in [0.25, 0.3) is 42.7 Å². The molecule has 5 nitrogen and oxygen atoms in total. The molecule has 0 unspecified atom stereocenters. The molecule has 1 N–H and O–H groups in total. The molecule has 0 aliphatic heterocycles. The third-order valence-electron chi connectivity index (χ3n) is 6.25. The molecule has 3 aromatic heterocycles. The molecule has 1 radical (unpaired) electrons. The monoisotopic (exact) mass is 739 g/mol. The Kier molecular flexibility index (Phi) is 9.40. The standard InChI is InChI=1S/C20H18NSSi.C12H8NO3.Ir/c1-23(2,3)18-12-7-9-15-14-8-6-10-16(19(14)22-20(15)18)17-11-4-5-13-21-17;14-12(16-15)10-6-7-11(13-8-10)9-4-2-1-3-5-9;/h4-9,11-13H,1-3H3;1-4,6-8,15H;/q2*-1;. The third kappa shape index (κ3) is 6.27. The van der Waals surface area contributed by atoms with E-state index in [0.717, 1.165) is 16.8 Å². The van der Waals surface area contributed by atoms with Crippen LogP contribution in [0.2, 0.25) is 19.6 Å². The van der Waals surface area contributed by atoms with Crippen LogP contribution >= 0.6 is 11.3 Å². The van der Waals surface area contributed by atoms with Gasteiger partial charge in [0, 0.05) is 37.2 Å². The number of carbonyl (C=O) groups is 1. The first-order valence-electron chi connectivity index (χ1n) is 12.4. The van der Waals surface area contributed by atoms with E-state index in [2.05, 4.69) is 77.0 Å². The predicted molar refractivity (Wildman–Crippen MR) is 161 cm³/mol. The molecule has 0 bridgehead atoms. The quantitative estimate of drug-likeness (QED) is 0.0872. The van der Waals surface area contributed by atoms with Crippen molar-refractivity contribution in [1.29, 1.82) is 0 Å². The van der Waals surface area contributed by atoms with Crippen LogP contribution in [0.5, 0.6) is 0 Å². The zero-order valence-corrected chi connectivity index (χ0v) is 26.3. The molecule has 6 aromatic rings. The van der Waals surface area contributed by atoms with E-state index in [-0.39, 0.29) is 25.7 Å². The van der Waals surface area contributed by atoms with Crippen molar-refractivity contribution in [3.05, 3.63) is 115 Å². The molecule has 0 saturated carbocycles. The molecular weight excluding hydrogens is 713 g/mol. The minimum absolute atomic E-state index is 0. The Labute approximate surface area is 251 Å².